The molecule has 3 fully saturated rings. The highest BCUT2D eigenvalue weighted by molar-refractivity contribution is 7.91. The summed E-state index contributed by atoms with van der Waals surface area (Å²) in [7, 11) is -2.30. The number of likely N-dealkylation sites (tertiary alicyclic amines) is 1. The zero-order valence-electron chi connectivity index (χ0n) is 31.6. The van der Waals surface area contributed by atoms with Gasteiger partial charge in [0, 0.05) is 13.5 Å². The Morgan fingerprint density at radius 2 is 1.87 bits per heavy atom. The molecule has 2 saturated carbocycles. The minimum absolute atomic E-state index is 0.000511. The highest BCUT2D eigenvalue weighted by Gasteiger charge is 2.51. The molecule has 4 amide bonds. The van der Waals surface area contributed by atoms with Gasteiger partial charge >= 0.3 is 0 Å². The molecule has 3 N–H and O–H groups in total. The van der Waals surface area contributed by atoms with Gasteiger partial charge in [0.2, 0.25) is 27.7 Å². The summed E-state index contributed by atoms with van der Waals surface area (Å²) in [6.07, 6.45) is 10.4. The number of halogens is 1. The molecule has 296 valence electrons. The first-order chi connectivity index (χ1) is 26.1. The summed E-state index contributed by atoms with van der Waals surface area (Å²) in [5, 5.41) is 9.61. The van der Waals surface area contributed by atoms with Crippen LogP contribution in [0.2, 0.25) is 0 Å². The Labute approximate surface area is 319 Å². The lowest BCUT2D eigenvalue weighted by molar-refractivity contribution is -0.140. The van der Waals surface area contributed by atoms with Crippen LogP contribution in [0.15, 0.2) is 36.4 Å². The second-order valence-corrected chi connectivity index (χ2v) is 17.3. The minimum Gasteiger partial charge on any atom is -0.471 e. The normalized spacial score (nSPS) is 19.7. The van der Waals surface area contributed by atoms with Crippen LogP contribution in [0.5, 0.6) is 5.88 Å². The van der Waals surface area contributed by atoms with Crippen molar-refractivity contribution < 1.29 is 36.7 Å². The number of sulfonamides is 1. The monoisotopic (exact) mass is 780 g/mol. The van der Waals surface area contributed by atoms with E-state index in [0.717, 1.165) is 19.3 Å². The predicted molar refractivity (Wildman–Crippen MR) is 201 cm³/mol. The van der Waals surface area contributed by atoms with Crippen LogP contribution < -0.4 is 20.1 Å². The lowest BCUT2D eigenvalue weighted by Crippen LogP contribution is -2.54. The van der Waals surface area contributed by atoms with Crippen LogP contribution in [0.3, 0.4) is 0 Å². The molecule has 0 radical (unpaired) electrons. The number of benzene rings is 1. The average molecular weight is 781 g/mol. The maximum Gasteiger partial charge on any atom is 0.270 e. The molecular formula is C38H49FN8O7S. The van der Waals surface area contributed by atoms with E-state index in [1.807, 2.05) is 4.72 Å². The fourth-order valence-corrected chi connectivity index (χ4v) is 7.93. The second kappa shape index (κ2) is 16.4. The molecule has 2 aromatic heterocycles. The van der Waals surface area contributed by atoms with Crippen molar-refractivity contribution >= 4 is 44.7 Å². The number of carbonyl (C=O) groups excluding carboxylic acids is 4. The molecule has 3 aromatic rings. The summed E-state index contributed by atoms with van der Waals surface area (Å²) in [6, 6.07) is 3.82. The molecule has 55 heavy (non-hydrogen) atoms. The summed E-state index contributed by atoms with van der Waals surface area (Å²) >= 11 is 0. The molecule has 1 aromatic carbocycles. The summed E-state index contributed by atoms with van der Waals surface area (Å²) in [4.78, 5) is 64.5. The average Bonchev–Trinajstić information content (AvgIpc) is 4.04. The zero-order chi connectivity index (χ0) is 39.5. The Morgan fingerprint density at radius 3 is 2.56 bits per heavy atom. The number of rotatable bonds is 17. The van der Waals surface area contributed by atoms with Gasteiger partial charge in [0.25, 0.3) is 11.8 Å². The summed E-state index contributed by atoms with van der Waals surface area (Å²) in [5.74, 6) is -2.54. The molecule has 3 heterocycles. The first kappa shape index (κ1) is 39.8. The van der Waals surface area contributed by atoms with Gasteiger partial charge in [0.1, 0.15) is 35.1 Å². The third-order valence-electron chi connectivity index (χ3n) is 10.4. The Hall–Kier alpha value is -4.93. The van der Waals surface area contributed by atoms with E-state index in [2.05, 4.69) is 37.9 Å². The van der Waals surface area contributed by atoms with E-state index < -0.39 is 68.9 Å². The maximum atomic E-state index is 14.7. The molecular weight excluding hydrogens is 732 g/mol. The minimum atomic E-state index is -3.93. The number of allylic oxidation sites excluding steroid dienone is 2. The first-order valence-electron chi connectivity index (χ1n) is 18.8. The fourth-order valence-electron chi connectivity index (χ4n) is 6.68. The Kier molecular flexibility index (Phi) is 11.9. The molecule has 15 nitrogen and oxygen atoms in total. The quantitative estimate of drug-likeness (QED) is 0.135. The van der Waals surface area contributed by atoms with Gasteiger partial charge in [-0.1, -0.05) is 31.1 Å². The SMILES string of the molecule is Cc1cc(C(=O)N[C@@H](CCCCC/C=C\C2CC2)C(=O)N2C[C@H](Oc3nc4c(F)cccc4nc3C)C[C@H]2C(=O)NCC(=O)NS(=O)(=O)C2(C)CC2)n(C)n1. The molecule has 0 unspecified atom stereocenters. The van der Waals surface area contributed by atoms with Crippen LogP contribution >= 0.6 is 0 Å². The second-order valence-electron chi connectivity index (χ2n) is 15.1. The summed E-state index contributed by atoms with van der Waals surface area (Å²) in [5.41, 5.74) is 1.59. The van der Waals surface area contributed by atoms with Gasteiger partial charge < -0.3 is 20.3 Å². The van der Waals surface area contributed by atoms with Crippen molar-refractivity contribution in [2.75, 3.05) is 13.1 Å². The van der Waals surface area contributed by atoms with Crippen LogP contribution in [0.25, 0.3) is 11.0 Å². The molecule has 6 rings (SSSR count). The molecule has 3 atom stereocenters. The smallest absolute Gasteiger partial charge is 0.270 e. The van der Waals surface area contributed by atoms with Crippen molar-refractivity contribution in [1.82, 2.24) is 40.0 Å². The lowest BCUT2D eigenvalue weighted by Gasteiger charge is -2.28. The number of nitrogens with zero attached hydrogens (tertiary/aromatic N) is 5. The van der Waals surface area contributed by atoms with Crippen molar-refractivity contribution in [2.24, 2.45) is 13.0 Å². The largest absolute Gasteiger partial charge is 0.471 e. The van der Waals surface area contributed by atoms with E-state index in [4.69, 9.17) is 4.74 Å². The van der Waals surface area contributed by atoms with Gasteiger partial charge in [0.05, 0.1) is 29.0 Å². The maximum absolute atomic E-state index is 14.7. The van der Waals surface area contributed by atoms with Crippen LogP contribution in [-0.4, -0.2) is 92.7 Å². The summed E-state index contributed by atoms with van der Waals surface area (Å²) in [6.45, 7) is 4.19. The summed E-state index contributed by atoms with van der Waals surface area (Å²) < 4.78 is 48.5. The number of aryl methyl sites for hydroxylation is 3. The molecule has 0 bridgehead atoms. The fraction of sp³-hybridized carbons (Fsp3) is 0.553. The molecule has 1 aliphatic heterocycles. The molecule has 3 aliphatic rings. The van der Waals surface area contributed by atoms with E-state index in [0.29, 0.717) is 42.1 Å². The number of para-hydroxylation sites is 1. The Morgan fingerprint density at radius 1 is 1.11 bits per heavy atom. The third-order valence-corrected chi connectivity index (χ3v) is 12.6. The number of aromatic nitrogens is 4. The Balaban J connectivity index is 1.20. The van der Waals surface area contributed by atoms with Gasteiger partial charge in [-0.15, -0.1) is 0 Å². The van der Waals surface area contributed by atoms with Crippen molar-refractivity contribution in [3.05, 3.63) is 59.3 Å². The standard InChI is InChI=1S/C38H49FN8O7S/c1-23-19-30(46(4)44-23)35(50)42-29(13-9-7-5-6-8-11-25-15-16-25)37(51)47-22-26(54-36-24(2)41-28-14-10-12-27(39)33(28)43-36)20-31(47)34(49)40-21-32(48)45-55(52,53)38(3)17-18-38/h8,10-12,14,19,25-26,29,31H,5-7,9,13,15-18,20-22H2,1-4H3,(H,40,49)(H,42,50)(H,45,48)/b11-8-/t26-,29+,31+/m1/s1. The number of amides is 4. The van der Waals surface area contributed by atoms with Gasteiger partial charge in [-0.05, 0) is 89.8 Å². The van der Waals surface area contributed by atoms with E-state index in [-0.39, 0.29) is 36.5 Å². The number of fused-ring (bicyclic) bond motifs is 1. The number of hydrogen-bond donors (Lipinski definition) is 3. The van der Waals surface area contributed by atoms with Crippen molar-refractivity contribution in [1.29, 1.82) is 0 Å². The van der Waals surface area contributed by atoms with Crippen molar-refractivity contribution in [3.63, 3.8) is 0 Å². The molecule has 0 spiro atoms. The molecule has 17 heteroatoms. The van der Waals surface area contributed by atoms with Crippen LogP contribution in [0, 0.1) is 25.6 Å². The number of carbonyl (C=O) groups is 4. The number of unbranched alkanes of at least 4 members (excludes halogenated alkanes) is 3. The van der Waals surface area contributed by atoms with Crippen LogP contribution in [-0.2, 0) is 31.5 Å². The van der Waals surface area contributed by atoms with E-state index in [1.54, 1.807) is 33.0 Å². The predicted octanol–water partition coefficient (Wildman–Crippen LogP) is 3.30. The number of nitrogens with one attached hydrogen (secondary N) is 3. The third kappa shape index (κ3) is 9.66. The van der Waals surface area contributed by atoms with E-state index in [1.165, 1.54) is 41.5 Å². The Bertz CT molecular complexity index is 2100. The van der Waals surface area contributed by atoms with Crippen LogP contribution in [0.4, 0.5) is 4.39 Å². The van der Waals surface area contributed by atoms with Crippen molar-refractivity contribution in [3.8, 4) is 5.88 Å². The van der Waals surface area contributed by atoms with Gasteiger partial charge in [0.15, 0.2) is 5.82 Å². The first-order valence-corrected chi connectivity index (χ1v) is 20.3. The topological polar surface area (TPSA) is 195 Å². The van der Waals surface area contributed by atoms with E-state index in [9.17, 15) is 32.0 Å². The lowest BCUT2D eigenvalue weighted by atomic mass is 10.0. The number of hydrogen-bond acceptors (Lipinski definition) is 10. The molecule has 2 aliphatic carbocycles. The highest BCUT2D eigenvalue weighted by Crippen LogP contribution is 2.42. The number of ether oxygens (including phenoxy) is 1. The van der Waals surface area contributed by atoms with Crippen molar-refractivity contribution in [2.45, 2.75) is 108 Å². The molecule has 1 saturated heterocycles. The van der Waals surface area contributed by atoms with Gasteiger partial charge in [-0.25, -0.2) is 22.8 Å². The highest BCUT2D eigenvalue weighted by atomic mass is 32.2. The zero-order valence-corrected chi connectivity index (χ0v) is 32.5. The van der Waals surface area contributed by atoms with Gasteiger partial charge in [-0.3, -0.25) is 28.6 Å². The van der Waals surface area contributed by atoms with E-state index >= 15 is 0 Å². The van der Waals surface area contributed by atoms with Gasteiger partial charge in [-0.2, -0.15) is 5.10 Å². The van der Waals surface area contributed by atoms with Crippen LogP contribution in [0.1, 0.15) is 93.0 Å².